The highest BCUT2D eigenvalue weighted by Gasteiger charge is 2.22. The summed E-state index contributed by atoms with van der Waals surface area (Å²) < 4.78 is 0. The van der Waals surface area contributed by atoms with Gasteiger partial charge in [-0.15, -0.1) is 0 Å². The molecule has 1 aromatic carbocycles. The van der Waals surface area contributed by atoms with Crippen LogP contribution in [-0.2, 0) is 24.4 Å². The maximum Gasteiger partial charge on any atom is 0.315 e. The summed E-state index contributed by atoms with van der Waals surface area (Å²) in [6, 6.07) is 11.6. The van der Waals surface area contributed by atoms with Crippen LogP contribution in [0, 0.1) is 0 Å². The van der Waals surface area contributed by atoms with Crippen molar-refractivity contribution in [2.45, 2.75) is 32.5 Å². The molecule has 0 radical (unpaired) electrons. The molecule has 6 heteroatoms. The van der Waals surface area contributed by atoms with Gasteiger partial charge >= 0.3 is 6.03 Å². The van der Waals surface area contributed by atoms with Gasteiger partial charge in [0.15, 0.2) is 0 Å². The van der Waals surface area contributed by atoms with Crippen molar-refractivity contribution >= 4 is 11.9 Å². The second-order valence-corrected chi connectivity index (χ2v) is 6.09. The van der Waals surface area contributed by atoms with Crippen molar-refractivity contribution in [1.29, 1.82) is 0 Å². The smallest absolute Gasteiger partial charge is 0.315 e. The van der Waals surface area contributed by atoms with E-state index in [1.807, 2.05) is 29.2 Å². The number of urea groups is 1. The van der Waals surface area contributed by atoms with Crippen molar-refractivity contribution in [2.75, 3.05) is 6.54 Å². The Morgan fingerprint density at radius 1 is 1.04 bits per heavy atom. The van der Waals surface area contributed by atoms with Crippen LogP contribution in [0.25, 0.3) is 0 Å². The summed E-state index contributed by atoms with van der Waals surface area (Å²) in [7, 11) is 0. The van der Waals surface area contributed by atoms with Crippen LogP contribution in [0.1, 0.15) is 29.5 Å². The number of carbonyl (C=O) groups is 2. The molecule has 2 N–H and O–H groups in total. The van der Waals surface area contributed by atoms with Crippen LogP contribution in [0.4, 0.5) is 4.79 Å². The first-order valence-corrected chi connectivity index (χ1v) is 8.47. The lowest BCUT2D eigenvalue weighted by atomic mass is 10.1. The van der Waals surface area contributed by atoms with E-state index in [0.29, 0.717) is 39.0 Å². The molecule has 130 valence electrons. The van der Waals surface area contributed by atoms with E-state index in [4.69, 9.17) is 0 Å². The SMILES string of the molecule is O=C(NCCCC(=O)N1Cc2ccccc2C1)NCc1cccnc1. The third-order valence-electron chi connectivity index (χ3n) is 4.22. The van der Waals surface area contributed by atoms with Crippen LogP contribution in [0.2, 0.25) is 0 Å². The molecule has 0 saturated heterocycles. The Morgan fingerprint density at radius 2 is 1.80 bits per heavy atom. The fourth-order valence-corrected chi connectivity index (χ4v) is 2.86. The second kappa shape index (κ2) is 8.28. The van der Waals surface area contributed by atoms with Crippen LogP contribution < -0.4 is 10.6 Å². The summed E-state index contributed by atoms with van der Waals surface area (Å²) in [5, 5.41) is 5.54. The molecule has 0 atom stereocenters. The van der Waals surface area contributed by atoms with Gasteiger partial charge in [0.05, 0.1) is 0 Å². The molecular formula is C19H22N4O2. The molecule has 0 spiro atoms. The van der Waals surface area contributed by atoms with E-state index in [2.05, 4.69) is 27.8 Å². The topological polar surface area (TPSA) is 74.3 Å². The molecule has 0 aliphatic carbocycles. The predicted octanol–water partition coefficient (Wildman–Crippen LogP) is 2.20. The summed E-state index contributed by atoms with van der Waals surface area (Å²) in [5.41, 5.74) is 3.40. The molecular weight excluding hydrogens is 316 g/mol. The average Bonchev–Trinajstić information content (AvgIpc) is 3.08. The van der Waals surface area contributed by atoms with Crippen molar-refractivity contribution in [3.05, 3.63) is 65.5 Å². The van der Waals surface area contributed by atoms with Gasteiger partial charge in [-0.25, -0.2) is 4.79 Å². The highest BCUT2D eigenvalue weighted by Crippen LogP contribution is 2.22. The zero-order valence-electron chi connectivity index (χ0n) is 14.1. The zero-order valence-corrected chi connectivity index (χ0v) is 14.1. The molecule has 1 aromatic heterocycles. The van der Waals surface area contributed by atoms with E-state index in [1.54, 1.807) is 12.4 Å². The molecule has 0 unspecified atom stereocenters. The van der Waals surface area contributed by atoms with Gasteiger partial charge in [-0.3, -0.25) is 9.78 Å². The second-order valence-electron chi connectivity index (χ2n) is 6.09. The Morgan fingerprint density at radius 3 is 2.48 bits per heavy atom. The fourth-order valence-electron chi connectivity index (χ4n) is 2.86. The molecule has 2 heterocycles. The van der Waals surface area contributed by atoms with Gasteiger partial charge in [0.1, 0.15) is 0 Å². The normalized spacial score (nSPS) is 12.6. The van der Waals surface area contributed by atoms with Gasteiger partial charge in [-0.2, -0.15) is 0 Å². The van der Waals surface area contributed by atoms with Crippen molar-refractivity contribution < 1.29 is 9.59 Å². The number of nitrogens with zero attached hydrogens (tertiary/aromatic N) is 2. The number of benzene rings is 1. The van der Waals surface area contributed by atoms with Crippen LogP contribution in [0.3, 0.4) is 0 Å². The van der Waals surface area contributed by atoms with E-state index >= 15 is 0 Å². The lowest BCUT2D eigenvalue weighted by Crippen LogP contribution is -2.36. The van der Waals surface area contributed by atoms with Crippen LogP contribution in [0.15, 0.2) is 48.8 Å². The minimum Gasteiger partial charge on any atom is -0.338 e. The van der Waals surface area contributed by atoms with Crippen molar-refractivity contribution in [1.82, 2.24) is 20.5 Å². The van der Waals surface area contributed by atoms with Gasteiger partial charge in [0, 0.05) is 45.0 Å². The van der Waals surface area contributed by atoms with Crippen LogP contribution in [0.5, 0.6) is 0 Å². The fraction of sp³-hybridized carbons (Fsp3) is 0.316. The van der Waals surface area contributed by atoms with Gasteiger partial charge in [-0.05, 0) is 29.2 Å². The van der Waals surface area contributed by atoms with E-state index in [1.165, 1.54) is 11.1 Å². The predicted molar refractivity (Wildman–Crippen MR) is 94.4 cm³/mol. The standard InChI is InChI=1S/C19H22N4O2/c24-18(23-13-16-6-1-2-7-17(16)14-23)8-4-10-21-19(25)22-12-15-5-3-9-20-11-15/h1-3,5-7,9,11H,4,8,10,12-14H2,(H2,21,22,25). The number of aromatic nitrogens is 1. The number of carbonyl (C=O) groups excluding carboxylic acids is 2. The summed E-state index contributed by atoms with van der Waals surface area (Å²) in [5.74, 6) is 0.133. The molecule has 3 amide bonds. The van der Waals surface area contributed by atoms with E-state index in [0.717, 1.165) is 5.56 Å². The number of pyridine rings is 1. The molecule has 0 saturated carbocycles. The summed E-state index contributed by atoms with van der Waals surface area (Å²) in [4.78, 5) is 29.9. The minimum atomic E-state index is -0.232. The summed E-state index contributed by atoms with van der Waals surface area (Å²) >= 11 is 0. The number of amides is 3. The molecule has 2 aromatic rings. The molecule has 25 heavy (non-hydrogen) atoms. The Bertz CT molecular complexity index is 708. The lowest BCUT2D eigenvalue weighted by Gasteiger charge is -2.15. The van der Waals surface area contributed by atoms with Crippen molar-refractivity contribution in [2.24, 2.45) is 0 Å². The molecule has 0 fully saturated rings. The Kier molecular flexibility index (Phi) is 5.61. The molecule has 6 nitrogen and oxygen atoms in total. The van der Waals surface area contributed by atoms with E-state index in [9.17, 15) is 9.59 Å². The van der Waals surface area contributed by atoms with Crippen LogP contribution in [-0.4, -0.2) is 28.4 Å². The molecule has 3 rings (SSSR count). The largest absolute Gasteiger partial charge is 0.338 e. The third kappa shape index (κ3) is 4.79. The zero-order chi connectivity index (χ0) is 17.5. The molecule has 1 aliphatic heterocycles. The van der Waals surface area contributed by atoms with Crippen molar-refractivity contribution in [3.8, 4) is 0 Å². The average molecular weight is 338 g/mol. The van der Waals surface area contributed by atoms with Crippen LogP contribution >= 0.6 is 0 Å². The number of hydrogen-bond donors (Lipinski definition) is 2. The van der Waals surface area contributed by atoms with Gasteiger partial charge in [0.2, 0.25) is 5.91 Å². The first kappa shape index (κ1) is 17.0. The van der Waals surface area contributed by atoms with Gasteiger partial charge in [-0.1, -0.05) is 30.3 Å². The van der Waals surface area contributed by atoms with Crippen molar-refractivity contribution in [3.63, 3.8) is 0 Å². The minimum absolute atomic E-state index is 0.133. The van der Waals surface area contributed by atoms with Gasteiger partial charge in [0.25, 0.3) is 0 Å². The summed E-state index contributed by atoms with van der Waals surface area (Å²) in [6.45, 7) is 2.29. The number of hydrogen-bond acceptors (Lipinski definition) is 3. The Balaban J connectivity index is 1.31. The summed E-state index contributed by atoms with van der Waals surface area (Å²) in [6.07, 6.45) is 4.48. The number of rotatable bonds is 6. The maximum atomic E-state index is 12.3. The first-order chi connectivity index (χ1) is 12.2. The molecule has 0 bridgehead atoms. The Labute approximate surface area is 147 Å². The first-order valence-electron chi connectivity index (χ1n) is 8.47. The lowest BCUT2D eigenvalue weighted by molar-refractivity contribution is -0.131. The number of nitrogens with one attached hydrogen (secondary N) is 2. The third-order valence-corrected chi connectivity index (χ3v) is 4.22. The highest BCUT2D eigenvalue weighted by atomic mass is 16.2. The van der Waals surface area contributed by atoms with Gasteiger partial charge < -0.3 is 15.5 Å². The van der Waals surface area contributed by atoms with E-state index in [-0.39, 0.29) is 11.9 Å². The molecule has 1 aliphatic rings. The quantitative estimate of drug-likeness (QED) is 0.793. The monoisotopic (exact) mass is 338 g/mol. The highest BCUT2D eigenvalue weighted by molar-refractivity contribution is 5.77. The van der Waals surface area contributed by atoms with E-state index < -0.39 is 0 Å². The number of fused-ring (bicyclic) bond motifs is 1. The Hall–Kier alpha value is -2.89. The maximum absolute atomic E-state index is 12.3.